The number of allylic oxidation sites excluding steroid dienone is 3. The van der Waals surface area contributed by atoms with E-state index in [-0.39, 0.29) is 11.6 Å². The molecule has 8 heteroatoms. The van der Waals surface area contributed by atoms with E-state index in [1.165, 1.54) is 11.3 Å². The molecule has 2 aromatic heterocycles. The van der Waals surface area contributed by atoms with Gasteiger partial charge in [0.15, 0.2) is 0 Å². The molecule has 0 saturated carbocycles. The van der Waals surface area contributed by atoms with Gasteiger partial charge in [-0.3, -0.25) is 9.36 Å². The molecule has 1 aliphatic carbocycles. The second-order valence-corrected chi connectivity index (χ2v) is 11.9. The number of nitrogens with one attached hydrogen (secondary N) is 1. The number of benzene rings is 1. The minimum atomic E-state index is 0.0722. The van der Waals surface area contributed by atoms with Crippen LogP contribution >= 0.6 is 11.8 Å². The lowest BCUT2D eigenvalue weighted by molar-refractivity contribution is 0.623. The van der Waals surface area contributed by atoms with Crippen molar-refractivity contribution in [2.24, 2.45) is 7.05 Å². The average Bonchev–Trinajstić information content (AvgIpc) is 3.53. The topological polar surface area (TPSA) is 66.3 Å². The first-order valence-electron chi connectivity index (χ1n) is 13.5. The van der Waals surface area contributed by atoms with Crippen molar-refractivity contribution in [3.63, 3.8) is 0 Å². The maximum atomic E-state index is 13.7. The molecule has 4 atom stereocenters. The number of thioether (sulfide) groups is 1. The Morgan fingerprint density at radius 1 is 1.05 bits per heavy atom. The maximum absolute atomic E-state index is 13.7. The predicted octanol–water partition coefficient (Wildman–Crippen LogP) is 4.64. The van der Waals surface area contributed by atoms with E-state index in [0.717, 1.165) is 59.6 Å². The molecule has 1 N–H and O–H groups in total. The van der Waals surface area contributed by atoms with Crippen LogP contribution in [0.2, 0.25) is 0 Å². The Balaban J connectivity index is 1.34. The number of hydrogen-bond acceptors (Lipinski definition) is 7. The SMILES string of the molecule is CSC1CC=CC=C1N[C@H](C)c1cc(C)cc2c(=O)n(C)c(N3C[C@H]4CC3CN4c3cnc(C)nc3)cc12. The zero-order valence-corrected chi connectivity index (χ0v) is 23.6. The Morgan fingerprint density at radius 2 is 1.79 bits per heavy atom. The van der Waals surface area contributed by atoms with Gasteiger partial charge in [-0.05, 0) is 74.6 Å². The molecule has 6 rings (SSSR count). The third kappa shape index (κ3) is 4.28. The third-order valence-electron chi connectivity index (χ3n) is 8.39. The van der Waals surface area contributed by atoms with Crippen molar-refractivity contribution in [3.05, 3.63) is 81.8 Å². The summed E-state index contributed by atoms with van der Waals surface area (Å²) in [6.45, 7) is 8.01. The summed E-state index contributed by atoms with van der Waals surface area (Å²) in [5.74, 6) is 1.80. The summed E-state index contributed by atoms with van der Waals surface area (Å²) < 4.78 is 1.85. The lowest BCUT2D eigenvalue weighted by Gasteiger charge is -2.37. The predicted molar refractivity (Wildman–Crippen MR) is 158 cm³/mol. The van der Waals surface area contributed by atoms with Gasteiger partial charge in [0.1, 0.15) is 11.6 Å². The first kappa shape index (κ1) is 25.0. The highest BCUT2D eigenvalue weighted by Crippen LogP contribution is 2.38. The Bertz CT molecular complexity index is 1490. The fraction of sp³-hybridized carbons (Fsp3) is 0.433. The number of pyridine rings is 1. The Labute approximate surface area is 228 Å². The van der Waals surface area contributed by atoms with Crippen molar-refractivity contribution in [2.45, 2.75) is 57.0 Å². The number of nitrogens with zero attached hydrogens (tertiary/aromatic N) is 5. The summed E-state index contributed by atoms with van der Waals surface area (Å²) >= 11 is 1.87. The van der Waals surface area contributed by atoms with Gasteiger partial charge < -0.3 is 15.1 Å². The van der Waals surface area contributed by atoms with Crippen LogP contribution in [0.25, 0.3) is 10.8 Å². The maximum Gasteiger partial charge on any atom is 0.259 e. The summed E-state index contributed by atoms with van der Waals surface area (Å²) in [7, 11) is 1.92. The van der Waals surface area contributed by atoms with Gasteiger partial charge in [0.2, 0.25) is 0 Å². The zero-order chi connectivity index (χ0) is 26.6. The van der Waals surface area contributed by atoms with Crippen molar-refractivity contribution >= 4 is 34.0 Å². The smallest absolute Gasteiger partial charge is 0.259 e. The highest BCUT2D eigenvalue weighted by Gasteiger charge is 2.44. The molecule has 2 aliphatic heterocycles. The minimum Gasteiger partial charge on any atom is -0.381 e. The standard InChI is InChI=1S/C30H36N6OS/c1-18-10-24(19(2)33-27-8-6-7-9-28(27)38-5)25-13-29(34(4)30(37)26(25)11-18)36-17-21-12-22(36)16-35(21)23-14-31-20(3)32-15-23/h6-8,10-11,13-15,19,21-22,28,33H,9,12,16-17H2,1-5H3/t19-,21-,22?,28?/m1/s1. The van der Waals surface area contributed by atoms with Crippen LogP contribution in [0.5, 0.6) is 0 Å². The van der Waals surface area contributed by atoms with Crippen molar-refractivity contribution in [2.75, 3.05) is 29.1 Å². The Kier molecular flexibility index (Phi) is 6.46. The average molecular weight is 529 g/mol. The van der Waals surface area contributed by atoms with Crippen molar-refractivity contribution in [3.8, 4) is 0 Å². The summed E-state index contributed by atoms with van der Waals surface area (Å²) in [5, 5.41) is 6.06. The van der Waals surface area contributed by atoms with Gasteiger partial charge in [-0.2, -0.15) is 11.8 Å². The van der Waals surface area contributed by atoms with Crippen LogP contribution in [0.15, 0.2) is 59.3 Å². The van der Waals surface area contributed by atoms with Crippen molar-refractivity contribution in [1.29, 1.82) is 0 Å². The number of aromatic nitrogens is 3. The van der Waals surface area contributed by atoms with Gasteiger partial charge in [-0.25, -0.2) is 9.97 Å². The van der Waals surface area contributed by atoms with Crippen LogP contribution in [0.1, 0.15) is 42.8 Å². The number of hydrogen-bond donors (Lipinski definition) is 1. The molecule has 4 heterocycles. The van der Waals surface area contributed by atoms with Crippen molar-refractivity contribution < 1.29 is 0 Å². The third-order valence-corrected chi connectivity index (χ3v) is 9.40. The van der Waals surface area contributed by atoms with Crippen molar-refractivity contribution in [1.82, 2.24) is 19.9 Å². The largest absolute Gasteiger partial charge is 0.381 e. The van der Waals surface area contributed by atoms with Gasteiger partial charge in [0, 0.05) is 54.6 Å². The van der Waals surface area contributed by atoms with E-state index in [1.54, 1.807) is 0 Å². The van der Waals surface area contributed by atoms with E-state index in [2.05, 4.69) is 75.5 Å². The Morgan fingerprint density at radius 3 is 2.50 bits per heavy atom. The molecule has 2 saturated heterocycles. The summed E-state index contributed by atoms with van der Waals surface area (Å²) in [6, 6.07) is 7.37. The number of anilines is 2. The Hall–Kier alpha value is -3.26. The zero-order valence-electron chi connectivity index (χ0n) is 22.8. The van der Waals surface area contributed by atoms with E-state index in [4.69, 9.17) is 0 Å². The molecule has 1 aromatic carbocycles. The fourth-order valence-corrected chi connectivity index (χ4v) is 7.11. The van der Waals surface area contributed by atoms with Gasteiger partial charge in [-0.15, -0.1) is 0 Å². The molecule has 3 aromatic rings. The van der Waals surface area contributed by atoms with E-state index < -0.39 is 0 Å². The highest BCUT2D eigenvalue weighted by molar-refractivity contribution is 7.99. The molecule has 2 fully saturated rings. The second kappa shape index (κ2) is 9.80. The summed E-state index contributed by atoms with van der Waals surface area (Å²) in [4.78, 5) is 27.4. The molecule has 0 radical (unpaired) electrons. The first-order valence-corrected chi connectivity index (χ1v) is 14.7. The van der Waals surface area contributed by atoms with E-state index >= 15 is 0 Å². The summed E-state index contributed by atoms with van der Waals surface area (Å²) in [6.07, 6.45) is 14.7. The molecule has 3 aliphatic rings. The first-order chi connectivity index (χ1) is 18.3. The van der Waals surface area contributed by atoms with Crippen LogP contribution in [0.4, 0.5) is 11.5 Å². The number of rotatable bonds is 6. The van der Waals surface area contributed by atoms with Gasteiger partial charge in [0.25, 0.3) is 5.56 Å². The number of fused-ring (bicyclic) bond motifs is 3. The molecule has 2 unspecified atom stereocenters. The summed E-state index contributed by atoms with van der Waals surface area (Å²) in [5.41, 5.74) is 4.70. The van der Waals surface area contributed by atoms with Gasteiger partial charge in [0.05, 0.1) is 18.1 Å². The lowest BCUT2D eigenvalue weighted by atomic mass is 9.96. The molecule has 38 heavy (non-hydrogen) atoms. The minimum absolute atomic E-state index is 0.0722. The van der Waals surface area contributed by atoms with Gasteiger partial charge in [-0.1, -0.05) is 18.2 Å². The van der Waals surface area contributed by atoms with Crippen LogP contribution in [-0.2, 0) is 7.05 Å². The quantitative estimate of drug-likeness (QED) is 0.500. The van der Waals surface area contributed by atoms with Crippen LogP contribution in [-0.4, -0.2) is 51.2 Å². The molecule has 0 spiro atoms. The van der Waals surface area contributed by atoms with Crippen LogP contribution < -0.4 is 20.7 Å². The van der Waals surface area contributed by atoms with Crippen LogP contribution in [0, 0.1) is 13.8 Å². The number of aryl methyl sites for hydroxylation is 2. The molecule has 2 bridgehead atoms. The van der Waals surface area contributed by atoms with E-state index in [9.17, 15) is 4.79 Å². The lowest BCUT2D eigenvalue weighted by Crippen LogP contribution is -2.48. The van der Waals surface area contributed by atoms with E-state index in [0.29, 0.717) is 17.3 Å². The second-order valence-electron chi connectivity index (χ2n) is 10.9. The molecule has 7 nitrogen and oxygen atoms in total. The normalized spacial score (nSPS) is 23.3. The van der Waals surface area contributed by atoms with Crippen LogP contribution in [0.3, 0.4) is 0 Å². The molecule has 0 amide bonds. The molecule has 198 valence electrons. The molecular weight excluding hydrogens is 492 g/mol. The highest BCUT2D eigenvalue weighted by atomic mass is 32.2. The molecular formula is C30H36N6OS. The van der Waals surface area contributed by atoms with Gasteiger partial charge >= 0.3 is 0 Å². The monoisotopic (exact) mass is 528 g/mol. The number of piperazine rings is 1. The van der Waals surface area contributed by atoms with E-state index in [1.807, 2.05) is 48.8 Å². The fourth-order valence-electron chi connectivity index (χ4n) is 6.41.